The minimum absolute atomic E-state index is 0.141. The highest BCUT2D eigenvalue weighted by Gasteiger charge is 2.29. The summed E-state index contributed by atoms with van der Waals surface area (Å²) in [5.74, 6) is 0.141. The Balaban J connectivity index is 2.20. The Labute approximate surface area is 96.5 Å². The molecule has 0 spiro atoms. The van der Waals surface area contributed by atoms with Crippen LogP contribution in [0.25, 0.3) is 0 Å². The van der Waals surface area contributed by atoms with Crippen LogP contribution in [0.1, 0.15) is 24.2 Å². The van der Waals surface area contributed by atoms with Gasteiger partial charge in [-0.2, -0.15) is 0 Å². The molecule has 3 nitrogen and oxygen atoms in total. The molecule has 0 aromatic heterocycles. The fraction of sp³-hybridized carbons (Fsp3) is 0.462. The molecule has 1 N–H and O–H groups in total. The third-order valence-corrected chi connectivity index (χ3v) is 3.08. The number of hydrogen-bond acceptors (Lipinski definition) is 2. The summed E-state index contributed by atoms with van der Waals surface area (Å²) in [5, 5.41) is 3.33. The lowest BCUT2D eigenvalue weighted by atomic mass is 10.1. The quantitative estimate of drug-likeness (QED) is 0.775. The Bertz CT molecular complexity index is 353. The second kappa shape index (κ2) is 4.66. The first-order valence-electron chi connectivity index (χ1n) is 5.78. The molecule has 1 saturated heterocycles. The van der Waals surface area contributed by atoms with Gasteiger partial charge in [0.05, 0.1) is 0 Å². The molecule has 16 heavy (non-hydrogen) atoms. The normalized spacial score (nSPS) is 25.5. The van der Waals surface area contributed by atoms with Crippen molar-refractivity contribution in [3.63, 3.8) is 0 Å². The van der Waals surface area contributed by atoms with Gasteiger partial charge in [0.1, 0.15) is 0 Å². The van der Waals surface area contributed by atoms with Gasteiger partial charge in [0.25, 0.3) is 5.91 Å². The molecule has 0 aliphatic carbocycles. The number of rotatable bonds is 1. The lowest BCUT2D eigenvalue weighted by Gasteiger charge is -2.39. The predicted molar refractivity (Wildman–Crippen MR) is 64.4 cm³/mol. The van der Waals surface area contributed by atoms with E-state index in [2.05, 4.69) is 19.2 Å². The van der Waals surface area contributed by atoms with Gasteiger partial charge in [0.2, 0.25) is 0 Å². The lowest BCUT2D eigenvalue weighted by molar-refractivity contribution is 0.0544. The van der Waals surface area contributed by atoms with Crippen molar-refractivity contribution < 1.29 is 4.79 Å². The van der Waals surface area contributed by atoms with E-state index in [9.17, 15) is 4.79 Å². The molecule has 1 heterocycles. The van der Waals surface area contributed by atoms with E-state index in [0.29, 0.717) is 0 Å². The highest BCUT2D eigenvalue weighted by molar-refractivity contribution is 5.94. The number of carbonyl (C=O) groups is 1. The maximum Gasteiger partial charge on any atom is 0.254 e. The van der Waals surface area contributed by atoms with Crippen molar-refractivity contribution >= 4 is 5.91 Å². The molecule has 0 bridgehead atoms. The minimum Gasteiger partial charge on any atom is -0.331 e. The first kappa shape index (κ1) is 11.1. The number of piperazine rings is 1. The molecule has 86 valence electrons. The van der Waals surface area contributed by atoms with Crippen LogP contribution in [0.15, 0.2) is 30.3 Å². The predicted octanol–water partition coefficient (Wildman–Crippen LogP) is 1.51. The smallest absolute Gasteiger partial charge is 0.254 e. The van der Waals surface area contributed by atoms with Gasteiger partial charge in [0.15, 0.2) is 0 Å². The highest BCUT2D eigenvalue weighted by atomic mass is 16.2. The molecule has 1 fully saturated rings. The zero-order valence-electron chi connectivity index (χ0n) is 9.81. The van der Waals surface area contributed by atoms with Crippen molar-refractivity contribution in [2.24, 2.45) is 0 Å². The molecular weight excluding hydrogens is 200 g/mol. The van der Waals surface area contributed by atoms with E-state index in [1.54, 1.807) is 0 Å². The molecular formula is C13H18N2O. The van der Waals surface area contributed by atoms with Crippen LogP contribution < -0.4 is 5.32 Å². The summed E-state index contributed by atoms with van der Waals surface area (Å²) in [4.78, 5) is 14.3. The molecule has 0 unspecified atom stereocenters. The van der Waals surface area contributed by atoms with Crippen LogP contribution in [-0.4, -0.2) is 36.0 Å². The van der Waals surface area contributed by atoms with Crippen molar-refractivity contribution in [1.82, 2.24) is 10.2 Å². The fourth-order valence-corrected chi connectivity index (χ4v) is 2.26. The Morgan fingerprint density at radius 3 is 2.31 bits per heavy atom. The fourth-order valence-electron chi connectivity index (χ4n) is 2.26. The van der Waals surface area contributed by atoms with Gasteiger partial charge in [-0.05, 0) is 26.0 Å². The van der Waals surface area contributed by atoms with Gasteiger partial charge in [-0.15, -0.1) is 0 Å². The van der Waals surface area contributed by atoms with Gasteiger partial charge in [-0.1, -0.05) is 18.2 Å². The topological polar surface area (TPSA) is 32.3 Å². The summed E-state index contributed by atoms with van der Waals surface area (Å²) in [7, 11) is 0. The average molecular weight is 218 g/mol. The molecule has 2 atom stereocenters. The first-order chi connectivity index (χ1) is 7.70. The molecule has 1 amide bonds. The van der Waals surface area contributed by atoms with Crippen molar-refractivity contribution in [1.29, 1.82) is 0 Å². The standard InChI is InChI=1S/C13H18N2O/c1-10-8-14-9-11(2)15(10)13(16)12-6-4-3-5-7-12/h3-7,10-11,14H,8-9H2,1-2H3/t10-,11+. The van der Waals surface area contributed by atoms with Gasteiger partial charge in [0, 0.05) is 30.7 Å². The van der Waals surface area contributed by atoms with Crippen LogP contribution in [0.3, 0.4) is 0 Å². The average Bonchev–Trinajstić information content (AvgIpc) is 2.30. The third kappa shape index (κ3) is 2.09. The maximum atomic E-state index is 12.3. The van der Waals surface area contributed by atoms with Crippen molar-refractivity contribution in [2.75, 3.05) is 13.1 Å². The van der Waals surface area contributed by atoms with Crippen LogP contribution in [0.5, 0.6) is 0 Å². The second-order valence-corrected chi connectivity index (χ2v) is 4.43. The van der Waals surface area contributed by atoms with Crippen molar-refractivity contribution in [2.45, 2.75) is 25.9 Å². The summed E-state index contributed by atoms with van der Waals surface area (Å²) in [5.41, 5.74) is 0.781. The van der Waals surface area contributed by atoms with Crippen molar-refractivity contribution in [3.05, 3.63) is 35.9 Å². The summed E-state index contributed by atoms with van der Waals surface area (Å²) >= 11 is 0. The molecule has 0 saturated carbocycles. The lowest BCUT2D eigenvalue weighted by Crippen LogP contribution is -2.57. The Morgan fingerprint density at radius 1 is 1.19 bits per heavy atom. The first-order valence-corrected chi connectivity index (χ1v) is 5.78. The zero-order valence-corrected chi connectivity index (χ0v) is 9.81. The maximum absolute atomic E-state index is 12.3. The van der Waals surface area contributed by atoms with Gasteiger partial charge >= 0.3 is 0 Å². The monoisotopic (exact) mass is 218 g/mol. The Hall–Kier alpha value is -1.35. The van der Waals surface area contributed by atoms with Crippen LogP contribution in [0, 0.1) is 0 Å². The molecule has 1 aliphatic heterocycles. The molecule has 3 heteroatoms. The van der Waals surface area contributed by atoms with Crippen molar-refractivity contribution in [3.8, 4) is 0 Å². The number of benzene rings is 1. The summed E-state index contributed by atoms with van der Waals surface area (Å²) in [6, 6.07) is 10.0. The highest BCUT2D eigenvalue weighted by Crippen LogP contribution is 2.14. The largest absolute Gasteiger partial charge is 0.331 e. The van der Waals surface area contributed by atoms with E-state index in [4.69, 9.17) is 0 Å². The SMILES string of the molecule is C[C@@H]1CNC[C@H](C)N1C(=O)c1ccccc1. The number of hydrogen-bond donors (Lipinski definition) is 1. The molecule has 1 aromatic rings. The Kier molecular flexibility index (Phi) is 3.25. The van der Waals surface area contributed by atoms with Crippen LogP contribution >= 0.6 is 0 Å². The summed E-state index contributed by atoms with van der Waals surface area (Å²) < 4.78 is 0. The molecule has 2 rings (SSSR count). The van der Waals surface area contributed by atoms with Gasteiger partial charge < -0.3 is 10.2 Å². The van der Waals surface area contributed by atoms with E-state index in [0.717, 1.165) is 18.7 Å². The molecule has 1 aromatic carbocycles. The summed E-state index contributed by atoms with van der Waals surface area (Å²) in [6.45, 7) is 5.93. The second-order valence-electron chi connectivity index (χ2n) is 4.43. The van der Waals surface area contributed by atoms with Crippen LogP contribution in [0.4, 0.5) is 0 Å². The van der Waals surface area contributed by atoms with Gasteiger partial charge in [-0.3, -0.25) is 4.79 Å². The Morgan fingerprint density at radius 2 is 1.75 bits per heavy atom. The van der Waals surface area contributed by atoms with E-state index in [-0.39, 0.29) is 18.0 Å². The van der Waals surface area contributed by atoms with E-state index in [1.165, 1.54) is 0 Å². The van der Waals surface area contributed by atoms with Crippen LogP contribution in [-0.2, 0) is 0 Å². The molecule has 1 aliphatic rings. The van der Waals surface area contributed by atoms with E-state index >= 15 is 0 Å². The number of amides is 1. The number of nitrogens with one attached hydrogen (secondary N) is 1. The minimum atomic E-state index is 0.141. The number of carbonyl (C=O) groups excluding carboxylic acids is 1. The number of nitrogens with zero attached hydrogens (tertiary/aromatic N) is 1. The third-order valence-electron chi connectivity index (χ3n) is 3.08. The summed E-state index contributed by atoms with van der Waals surface area (Å²) in [6.07, 6.45) is 0. The van der Waals surface area contributed by atoms with E-state index < -0.39 is 0 Å². The van der Waals surface area contributed by atoms with Crippen LogP contribution in [0.2, 0.25) is 0 Å². The van der Waals surface area contributed by atoms with E-state index in [1.807, 2.05) is 35.2 Å². The zero-order chi connectivity index (χ0) is 11.5. The van der Waals surface area contributed by atoms with Gasteiger partial charge in [-0.25, -0.2) is 0 Å². The molecule has 0 radical (unpaired) electrons.